The van der Waals surface area contributed by atoms with Gasteiger partial charge in [0.05, 0.1) is 25.4 Å². The van der Waals surface area contributed by atoms with Crippen molar-refractivity contribution >= 4 is 0 Å². The lowest BCUT2D eigenvalue weighted by molar-refractivity contribution is -0.148. The number of hydrogen-bond donors (Lipinski definition) is 1. The molecule has 0 radical (unpaired) electrons. The van der Waals surface area contributed by atoms with Crippen molar-refractivity contribution in [1.29, 1.82) is 0 Å². The molecule has 0 aromatic rings. The van der Waals surface area contributed by atoms with Crippen LogP contribution in [0.3, 0.4) is 0 Å². The van der Waals surface area contributed by atoms with Crippen LogP contribution in [0.5, 0.6) is 0 Å². The molecule has 1 N–H and O–H groups in total. The number of rotatable bonds is 25. The summed E-state index contributed by atoms with van der Waals surface area (Å²) >= 11 is 0. The summed E-state index contributed by atoms with van der Waals surface area (Å²) in [7, 11) is 1.80. The van der Waals surface area contributed by atoms with Gasteiger partial charge in [-0.25, -0.2) is 0 Å². The third kappa shape index (κ3) is 237. The molecule has 0 aromatic carbocycles. The highest BCUT2D eigenvalue weighted by atomic mass is 16.5. The summed E-state index contributed by atoms with van der Waals surface area (Å²) in [5, 5.41) is 9.39. The Hall–Kier alpha value is -0.120. The Morgan fingerprint density at radius 2 is 0.471 bits per heavy atom. The van der Waals surface area contributed by atoms with Crippen molar-refractivity contribution in [3.63, 3.8) is 0 Å². The first-order valence-electron chi connectivity index (χ1n) is 57.6. The van der Waals surface area contributed by atoms with E-state index in [1.807, 2.05) is 0 Å². The lowest BCUT2D eigenvalue weighted by Crippen LogP contribution is -2.47. The van der Waals surface area contributed by atoms with Gasteiger partial charge in [0.1, 0.15) is 0 Å². The molecule has 1 aliphatic heterocycles. The summed E-state index contributed by atoms with van der Waals surface area (Å²) in [5.74, 6) is 17.6. The van der Waals surface area contributed by atoms with Crippen molar-refractivity contribution in [1.82, 2.24) is 0 Å². The Morgan fingerprint density at radius 3 is 0.544 bits per heavy atom. The van der Waals surface area contributed by atoms with E-state index in [-0.39, 0.29) is 65.5 Å². The molecule has 4 unspecified atom stereocenters. The van der Waals surface area contributed by atoms with Crippen LogP contribution in [0.15, 0.2) is 0 Å². The molecule has 874 valence electrons. The molecule has 2 aliphatic carbocycles. The van der Waals surface area contributed by atoms with Gasteiger partial charge >= 0.3 is 0 Å². The number of methoxy groups -OCH3 is 1. The number of aliphatic hydroxyl groups excluding tert-OH is 1. The molecule has 1 heterocycles. The van der Waals surface area contributed by atoms with E-state index < -0.39 is 0 Å². The minimum absolute atomic E-state index is 0. The first kappa shape index (κ1) is 216. The van der Waals surface area contributed by atoms with Crippen molar-refractivity contribution in [3.05, 3.63) is 0 Å². The monoisotopic (exact) mass is 1970 g/mol. The van der Waals surface area contributed by atoms with Crippen molar-refractivity contribution in [3.8, 4) is 0 Å². The summed E-state index contributed by atoms with van der Waals surface area (Å²) in [6.45, 7) is 155. The van der Waals surface area contributed by atoms with Gasteiger partial charge in [-0.15, -0.1) is 0 Å². The molecular formula is C133H324O3. The highest BCUT2D eigenvalue weighted by molar-refractivity contribution is 4.95. The van der Waals surface area contributed by atoms with Crippen molar-refractivity contribution in [2.45, 2.75) is 723 Å². The molecule has 3 nitrogen and oxygen atoms in total. The maximum atomic E-state index is 9.39. The Morgan fingerprint density at radius 1 is 0.272 bits per heavy atom. The van der Waals surface area contributed by atoms with Crippen LogP contribution in [0, 0.1) is 141 Å². The third-order valence-electron chi connectivity index (χ3n) is 19.5. The number of ether oxygens (including phenoxy) is 2. The van der Waals surface area contributed by atoms with Crippen molar-refractivity contribution < 1.29 is 14.6 Å². The largest absolute Gasteiger partial charge is 0.393 e. The van der Waals surface area contributed by atoms with E-state index >= 15 is 0 Å². The van der Waals surface area contributed by atoms with Gasteiger partial charge in [0.25, 0.3) is 0 Å². The van der Waals surface area contributed by atoms with Gasteiger partial charge in [-0.05, 0) is 206 Å². The van der Waals surface area contributed by atoms with Gasteiger partial charge in [0.15, 0.2) is 0 Å². The van der Waals surface area contributed by atoms with Gasteiger partial charge in [0, 0.05) is 12.5 Å². The first-order valence-corrected chi connectivity index (χ1v) is 57.6. The second-order valence-corrected chi connectivity index (χ2v) is 45.4. The van der Waals surface area contributed by atoms with E-state index in [0.29, 0.717) is 34.7 Å². The predicted molar refractivity (Wildman–Crippen MR) is 678 cm³/mol. The van der Waals surface area contributed by atoms with Gasteiger partial charge in [-0.3, -0.25) is 0 Å². The van der Waals surface area contributed by atoms with Gasteiger partial charge < -0.3 is 14.6 Å². The Kier molecular flexibility index (Phi) is 277. The minimum Gasteiger partial charge on any atom is -0.393 e. The topological polar surface area (TPSA) is 38.7 Å². The molecule has 1 saturated heterocycles. The van der Waals surface area contributed by atoms with E-state index in [0.717, 1.165) is 138 Å². The average molecular weight is 1970 g/mol. The molecule has 2 saturated carbocycles. The molecule has 3 rings (SSSR count). The van der Waals surface area contributed by atoms with Gasteiger partial charge in [-0.1, -0.05) is 640 Å². The van der Waals surface area contributed by atoms with Crippen LogP contribution in [0.4, 0.5) is 0 Å². The average Bonchev–Trinajstić information content (AvgIpc) is 1.57. The van der Waals surface area contributed by atoms with Crippen LogP contribution in [0.1, 0.15) is 711 Å². The summed E-state index contributed by atoms with van der Waals surface area (Å²) in [6.07, 6.45) is 34.9. The maximum absolute atomic E-state index is 9.39. The van der Waals surface area contributed by atoms with Crippen LogP contribution in [-0.2, 0) is 9.47 Å². The molecule has 0 spiro atoms. The van der Waals surface area contributed by atoms with E-state index in [9.17, 15) is 5.11 Å². The molecule has 3 aliphatic rings. The van der Waals surface area contributed by atoms with E-state index in [1.165, 1.54) is 161 Å². The molecule has 0 aromatic heterocycles. The fraction of sp³-hybridized carbons (Fsp3) is 1.00. The predicted octanol–water partition coefficient (Wildman–Crippen LogP) is 53.0. The summed E-state index contributed by atoms with van der Waals surface area (Å²) in [5.41, 5.74) is 1.82. The molecule has 136 heavy (non-hydrogen) atoms. The molecule has 4 atom stereocenters. The van der Waals surface area contributed by atoms with Crippen LogP contribution in [0.2, 0.25) is 0 Å². The smallest absolute Gasteiger partial charge is 0.0596 e. The van der Waals surface area contributed by atoms with Crippen molar-refractivity contribution in [2.75, 3.05) is 20.3 Å². The zero-order valence-electron chi connectivity index (χ0n) is 107. The lowest BCUT2D eigenvalue weighted by atomic mass is 9.65. The summed E-state index contributed by atoms with van der Waals surface area (Å²) in [6, 6.07) is 0. The molecule has 3 fully saturated rings. The minimum atomic E-state index is -0.0833. The van der Waals surface area contributed by atoms with Crippen LogP contribution < -0.4 is 0 Å². The first-order chi connectivity index (χ1) is 58.8. The molecule has 3 heteroatoms. The highest BCUT2D eigenvalue weighted by Crippen LogP contribution is 2.56. The van der Waals surface area contributed by atoms with Crippen LogP contribution in [-0.4, -0.2) is 37.6 Å². The summed E-state index contributed by atoms with van der Waals surface area (Å²) < 4.78 is 10.6. The standard InChI is InChI=1S/C10H20O.2C10H20.2C10H22.2C9H20O.C9H20.16C3H8.8CH4/c1-8(2)5-10(9(3)4)6-11-7-10;1-7(2)9-5-10(6-9)8(3)4;1-8(2)7-10(5-6-10)9(3)4;1-8(2)7-10(5,6)9(3)4;1-7(2)9(5)10(6)8(3)4;1-7(2)6-9(10-5)8(3)4;1-7(2)5-9(10)6-8(3)4;1-7(2)6-9(5)8(3)4;16*1-3-2;;;;;;;;/h8-9H,5-7H2,1-4H3;7-10H,5-6H2,1-4H3;8-9H,5-7H2,1-4H3;8-9H,7H2,1-6H3;7-10H,1-6H3;7-9H,6H2,1-5H3;7-10H,5-6H2,1-4H3;7-9H,6H2,1-5H3;16*3H2,1-2H3;8*1H4. The Balaban J connectivity index is -0.0000000331. The van der Waals surface area contributed by atoms with E-state index in [1.54, 1.807) is 7.11 Å². The maximum Gasteiger partial charge on any atom is 0.0596 e. The molecule has 0 bridgehead atoms. The van der Waals surface area contributed by atoms with Gasteiger partial charge in [0.2, 0.25) is 0 Å². The van der Waals surface area contributed by atoms with Crippen LogP contribution in [0.25, 0.3) is 0 Å². The molecular weight excluding hydrogens is 1650 g/mol. The van der Waals surface area contributed by atoms with E-state index in [4.69, 9.17) is 9.47 Å². The Bertz CT molecular complexity index is 1470. The van der Waals surface area contributed by atoms with Crippen molar-refractivity contribution in [2.24, 2.45) is 141 Å². The van der Waals surface area contributed by atoms with E-state index in [2.05, 4.69) is 478 Å². The summed E-state index contributed by atoms with van der Waals surface area (Å²) in [4.78, 5) is 0. The number of aliphatic hydroxyl groups is 1. The lowest BCUT2D eigenvalue weighted by Gasteiger charge is -2.46. The normalized spacial score (nSPS) is 13.2. The fourth-order valence-corrected chi connectivity index (χ4v) is 11.5. The quantitative estimate of drug-likeness (QED) is 0.0990. The zero-order valence-corrected chi connectivity index (χ0v) is 107. The Labute approximate surface area is 892 Å². The van der Waals surface area contributed by atoms with Gasteiger partial charge in [-0.2, -0.15) is 0 Å². The fourth-order valence-electron chi connectivity index (χ4n) is 11.5. The molecule has 0 amide bonds. The third-order valence-corrected chi connectivity index (χ3v) is 19.5. The zero-order chi connectivity index (χ0) is 108. The van der Waals surface area contributed by atoms with Crippen LogP contribution >= 0.6 is 0 Å². The second-order valence-electron chi connectivity index (χ2n) is 45.4. The second kappa shape index (κ2) is 174. The SMILES string of the molecule is C.C.C.C.C.C.C.C.CC(C)C(C)C(C)C(C)C.CC(C)C1CC(C(C)C)C1.CC(C)CC(C)(C)C(C)C.CC(C)CC(C)C(C)C.CC(C)CC(O)CC(C)C.CC(C)CC1(C(C)C)CC1.CC(C)CC1(C(C)C)COC1.CCC.CCC.CCC.CCC.CCC.CCC.CCC.CCC.CCC.CCC.CCC.CCC.CCC.CCC.CCC.CCC.COC(CC(C)C)C(C)C. The highest BCUT2D eigenvalue weighted by Gasteiger charge is 2.45. The number of hydrogen-bond acceptors (Lipinski definition) is 3.